The van der Waals surface area contributed by atoms with E-state index in [9.17, 15) is 33.0 Å². The molecule has 3 aliphatic heterocycles. The fourth-order valence-corrected chi connectivity index (χ4v) is 11.4. The molecule has 0 radical (unpaired) electrons. The molecule has 9 nitrogen and oxygen atoms in total. The summed E-state index contributed by atoms with van der Waals surface area (Å²) in [7, 11) is 1.63. The highest BCUT2D eigenvalue weighted by atomic mass is 19.4. The minimum atomic E-state index is -4.85. The van der Waals surface area contributed by atoms with Gasteiger partial charge >= 0.3 is 12.3 Å². The van der Waals surface area contributed by atoms with Gasteiger partial charge in [0.25, 0.3) is 5.91 Å². The first-order chi connectivity index (χ1) is 22.3. The van der Waals surface area contributed by atoms with Crippen LogP contribution in [0.4, 0.5) is 18.9 Å². The van der Waals surface area contributed by atoms with Crippen LogP contribution in [0.2, 0.25) is 0 Å². The molecule has 1 spiro atoms. The van der Waals surface area contributed by atoms with Crippen molar-refractivity contribution in [2.75, 3.05) is 19.0 Å². The molecular formula is C35H39F3N2O7. The molecule has 3 N–H and O–H groups in total. The summed E-state index contributed by atoms with van der Waals surface area (Å²) in [5.41, 5.74) is -3.47. The molecule has 8 rings (SSSR count). The van der Waals surface area contributed by atoms with Crippen LogP contribution in [0.15, 0.2) is 48.5 Å². The van der Waals surface area contributed by atoms with Gasteiger partial charge in [0.1, 0.15) is 22.6 Å². The second-order valence-corrected chi connectivity index (χ2v) is 14.7. The third-order valence-electron chi connectivity index (χ3n) is 12.9. The molecule has 2 aromatic rings. The molecule has 47 heavy (non-hydrogen) atoms. The number of benzene rings is 2. The van der Waals surface area contributed by atoms with Crippen molar-refractivity contribution in [3.05, 3.63) is 59.7 Å². The van der Waals surface area contributed by atoms with Gasteiger partial charge in [-0.1, -0.05) is 19.1 Å². The number of piperidine rings is 2. The van der Waals surface area contributed by atoms with Gasteiger partial charge in [-0.3, -0.25) is 9.69 Å². The number of nitrogens with zero attached hydrogens (tertiary/aromatic N) is 1. The highest BCUT2D eigenvalue weighted by Gasteiger charge is 2.85. The maximum Gasteiger partial charge on any atom is 0.573 e. The highest BCUT2D eigenvalue weighted by Crippen LogP contribution is 2.74. The number of halogens is 3. The molecule has 3 saturated heterocycles. The minimum absolute atomic E-state index is 0.0825. The molecular weight excluding hydrogens is 617 g/mol. The van der Waals surface area contributed by atoms with Gasteiger partial charge in [0.05, 0.1) is 17.4 Å². The van der Waals surface area contributed by atoms with E-state index >= 15 is 0 Å². The van der Waals surface area contributed by atoms with E-state index < -0.39 is 52.4 Å². The second-order valence-electron chi connectivity index (χ2n) is 14.7. The lowest BCUT2D eigenvalue weighted by atomic mass is 9.52. The summed E-state index contributed by atoms with van der Waals surface area (Å²) < 4.78 is 54.2. The van der Waals surface area contributed by atoms with Gasteiger partial charge < -0.3 is 29.7 Å². The van der Waals surface area contributed by atoms with Crippen molar-refractivity contribution < 1.29 is 47.2 Å². The van der Waals surface area contributed by atoms with E-state index in [4.69, 9.17) is 9.47 Å². The standard InChI is InChI=1S/C35H39F3N2O7/c1-19-18-33(43)27-17-25-31(12-5-13-32(25,40(27)15-14-31)26-16-23(19)28(45-2)34(26,33)44)47-30(42)22-6-3-4-7-24(22)39-29(41)20-8-10-21(11-9-20)46-35(36,37)38/h3-4,6-11,19,23,25-28,43-44H,5,12-18H2,1-2H3,(H,39,41)/t19-,23+,25?,26?,27?,28-,31+,32?,33-,34-/m0/s1. The SMILES string of the molecule is CO[C@H]1[C@@H]2CC3C45CCC[C@@]6(OC(=O)c7ccccc7NC(=O)c7ccc(OC(F)(F)F)cc7)CCN4C(CC56)[C@@](O)(C[C@@H]2C)[C@]31O. The van der Waals surface area contributed by atoms with Crippen molar-refractivity contribution in [1.29, 1.82) is 0 Å². The van der Waals surface area contributed by atoms with Gasteiger partial charge in [-0.05, 0) is 86.8 Å². The Kier molecular flexibility index (Phi) is 6.73. The first-order valence-corrected chi connectivity index (χ1v) is 16.5. The fraction of sp³-hybridized carbons (Fsp3) is 0.600. The number of amides is 1. The van der Waals surface area contributed by atoms with Crippen LogP contribution in [-0.2, 0) is 9.47 Å². The molecule has 3 heterocycles. The van der Waals surface area contributed by atoms with Crippen LogP contribution in [0.1, 0.15) is 72.6 Å². The molecule has 5 unspecified atom stereocenters. The van der Waals surface area contributed by atoms with Crippen LogP contribution < -0.4 is 10.1 Å². The van der Waals surface area contributed by atoms with Crippen molar-refractivity contribution in [3.8, 4) is 5.75 Å². The van der Waals surface area contributed by atoms with E-state index in [-0.39, 0.29) is 46.5 Å². The summed E-state index contributed by atoms with van der Waals surface area (Å²) in [4.78, 5) is 29.6. The molecule has 6 fully saturated rings. The molecule has 1 amide bonds. The van der Waals surface area contributed by atoms with Crippen LogP contribution in [0.5, 0.6) is 5.75 Å². The molecule has 3 saturated carbocycles. The topological polar surface area (TPSA) is 118 Å². The number of ether oxygens (including phenoxy) is 3. The Morgan fingerprint density at radius 2 is 1.74 bits per heavy atom. The Morgan fingerprint density at radius 1 is 1.00 bits per heavy atom. The van der Waals surface area contributed by atoms with Crippen LogP contribution in [-0.4, -0.2) is 81.5 Å². The fourth-order valence-electron chi connectivity index (χ4n) is 11.4. The number of para-hydroxylation sites is 1. The number of methoxy groups -OCH3 is 1. The second kappa shape index (κ2) is 10.2. The van der Waals surface area contributed by atoms with E-state index in [0.717, 1.165) is 31.4 Å². The lowest BCUT2D eigenvalue weighted by molar-refractivity contribution is -0.313. The summed E-state index contributed by atoms with van der Waals surface area (Å²) in [6.45, 7) is 2.80. The van der Waals surface area contributed by atoms with Gasteiger partial charge in [-0.25, -0.2) is 4.79 Å². The van der Waals surface area contributed by atoms with E-state index in [0.29, 0.717) is 32.2 Å². The van der Waals surface area contributed by atoms with Crippen molar-refractivity contribution in [2.45, 2.75) is 92.7 Å². The summed E-state index contributed by atoms with van der Waals surface area (Å²) in [6, 6.07) is 10.8. The van der Waals surface area contributed by atoms with Gasteiger partial charge in [-0.2, -0.15) is 0 Å². The van der Waals surface area contributed by atoms with E-state index in [2.05, 4.69) is 21.9 Å². The predicted octanol–water partition coefficient (Wildman–Crippen LogP) is 4.92. The Morgan fingerprint density at radius 3 is 2.47 bits per heavy atom. The molecule has 3 aliphatic carbocycles. The van der Waals surface area contributed by atoms with Crippen molar-refractivity contribution in [2.24, 2.45) is 23.7 Å². The van der Waals surface area contributed by atoms with Gasteiger partial charge in [0, 0.05) is 49.1 Å². The third-order valence-corrected chi connectivity index (χ3v) is 12.9. The molecule has 12 heteroatoms. The number of anilines is 1. The van der Waals surface area contributed by atoms with E-state index in [1.54, 1.807) is 31.4 Å². The lowest BCUT2D eigenvalue weighted by Crippen LogP contribution is -2.82. The number of nitrogens with one attached hydrogen (secondary N) is 1. The summed E-state index contributed by atoms with van der Waals surface area (Å²) in [5, 5.41) is 27.8. The Balaban J connectivity index is 1.07. The van der Waals surface area contributed by atoms with Crippen LogP contribution >= 0.6 is 0 Å². The largest absolute Gasteiger partial charge is 0.573 e. The maximum absolute atomic E-state index is 14.1. The maximum atomic E-state index is 14.1. The van der Waals surface area contributed by atoms with Crippen molar-refractivity contribution >= 4 is 17.6 Å². The quantitative estimate of drug-likeness (QED) is 0.376. The molecule has 7 bridgehead atoms. The third kappa shape index (κ3) is 4.10. The Labute approximate surface area is 270 Å². The van der Waals surface area contributed by atoms with E-state index in [1.807, 2.05) is 0 Å². The zero-order valence-corrected chi connectivity index (χ0v) is 26.3. The molecule has 0 aromatic heterocycles. The predicted molar refractivity (Wildman–Crippen MR) is 162 cm³/mol. The summed E-state index contributed by atoms with van der Waals surface area (Å²) in [6.07, 6.45) is -0.494. The number of hydrogen-bond donors (Lipinski definition) is 3. The van der Waals surface area contributed by atoms with Crippen molar-refractivity contribution in [3.63, 3.8) is 0 Å². The van der Waals surface area contributed by atoms with Gasteiger partial charge in [0.2, 0.25) is 0 Å². The molecule has 6 aliphatic rings. The first-order valence-electron chi connectivity index (χ1n) is 16.5. The number of carbonyl (C=O) groups is 2. The smallest absolute Gasteiger partial charge is 0.455 e. The highest BCUT2D eigenvalue weighted by molar-refractivity contribution is 6.08. The molecule has 252 valence electrons. The van der Waals surface area contributed by atoms with Crippen LogP contribution in [0, 0.1) is 23.7 Å². The number of fused-ring (bicyclic) bond motifs is 2. The minimum Gasteiger partial charge on any atom is -0.455 e. The Bertz CT molecular complexity index is 1620. The lowest BCUT2D eigenvalue weighted by Gasteiger charge is -2.68. The molecule has 11 atom stereocenters. The number of carbonyl (C=O) groups excluding carboxylic acids is 2. The number of rotatable bonds is 6. The Hall–Kier alpha value is -3.19. The first kappa shape index (κ1) is 31.1. The van der Waals surface area contributed by atoms with Gasteiger partial charge in [-0.15, -0.1) is 13.2 Å². The molecule has 2 aromatic carbocycles. The summed E-state index contributed by atoms with van der Waals surface area (Å²) in [5.74, 6) is -1.60. The van der Waals surface area contributed by atoms with Crippen molar-refractivity contribution in [1.82, 2.24) is 4.90 Å². The van der Waals surface area contributed by atoms with Crippen LogP contribution in [0.25, 0.3) is 0 Å². The van der Waals surface area contributed by atoms with Crippen LogP contribution in [0.3, 0.4) is 0 Å². The monoisotopic (exact) mass is 656 g/mol. The zero-order chi connectivity index (χ0) is 33.1. The average Bonchev–Trinajstić information content (AvgIpc) is 3.42. The van der Waals surface area contributed by atoms with Gasteiger partial charge in [0.15, 0.2) is 0 Å². The summed E-state index contributed by atoms with van der Waals surface area (Å²) >= 11 is 0. The average molecular weight is 657 g/mol. The normalized spacial score (nSPS) is 42.5. The number of alkyl halides is 3. The zero-order valence-electron chi connectivity index (χ0n) is 26.3. The van der Waals surface area contributed by atoms with E-state index in [1.165, 1.54) is 12.1 Å². The number of hydrogen-bond acceptors (Lipinski definition) is 8. The number of aliphatic hydroxyl groups is 2. The number of esters is 1.